The smallest absolute Gasteiger partial charge is 0.278 e. The number of nitrogens with zero attached hydrogens (tertiary/aromatic N) is 3. The van der Waals surface area contributed by atoms with Crippen molar-refractivity contribution < 1.29 is 26.0 Å². The van der Waals surface area contributed by atoms with Crippen molar-refractivity contribution in [2.45, 2.75) is 11.2 Å². The number of rotatable bonds is 4. The molecular weight excluding hydrogens is 376 g/mol. The largest absolute Gasteiger partial charge is 0.417 e. The number of aromatic nitrogens is 3. The summed E-state index contributed by atoms with van der Waals surface area (Å²) in [5.74, 6) is -0.595. The topological polar surface area (TPSA) is 76.9 Å². The summed E-state index contributed by atoms with van der Waals surface area (Å²) in [4.78, 5) is 7.35. The third-order valence-corrected chi connectivity index (χ3v) is 4.66. The Labute approximate surface area is 145 Å². The van der Waals surface area contributed by atoms with Crippen LogP contribution in [0, 0.1) is 5.82 Å². The molecule has 1 aromatic carbocycles. The lowest BCUT2D eigenvalue weighted by Gasteiger charge is -2.11. The number of imidazole rings is 1. The van der Waals surface area contributed by atoms with Crippen molar-refractivity contribution in [1.82, 2.24) is 14.5 Å². The first-order valence-corrected chi connectivity index (χ1v) is 8.49. The minimum absolute atomic E-state index is 0.0602. The minimum atomic E-state index is -4.56. The van der Waals surface area contributed by atoms with Gasteiger partial charge in [-0.3, -0.25) is 9.29 Å². The molecule has 136 valence electrons. The van der Waals surface area contributed by atoms with Gasteiger partial charge in [-0.25, -0.2) is 14.4 Å². The Morgan fingerprint density at radius 3 is 2.27 bits per heavy atom. The van der Waals surface area contributed by atoms with E-state index in [0.717, 1.165) is 41.4 Å². The number of sulfonamides is 1. The molecule has 26 heavy (non-hydrogen) atoms. The maximum absolute atomic E-state index is 12.9. The van der Waals surface area contributed by atoms with Crippen LogP contribution in [-0.4, -0.2) is 23.0 Å². The number of anilines is 1. The zero-order valence-corrected chi connectivity index (χ0v) is 13.6. The highest BCUT2D eigenvalue weighted by Gasteiger charge is 2.31. The summed E-state index contributed by atoms with van der Waals surface area (Å²) in [6, 6.07) is 6.42. The van der Waals surface area contributed by atoms with Gasteiger partial charge in [-0.2, -0.15) is 21.6 Å². The van der Waals surface area contributed by atoms with Gasteiger partial charge in [0, 0.05) is 11.9 Å². The SMILES string of the molecule is O=S(=O)(Nc1ccc(F)cc1)c1cncn1-c1ccc(C(F)(F)F)cn1. The number of hydrogen-bond acceptors (Lipinski definition) is 4. The average Bonchev–Trinajstić information content (AvgIpc) is 3.07. The Morgan fingerprint density at radius 1 is 1.00 bits per heavy atom. The first-order chi connectivity index (χ1) is 12.2. The predicted octanol–water partition coefficient (Wildman–Crippen LogP) is 3.23. The molecular formula is C15H10F4N4O2S. The van der Waals surface area contributed by atoms with Crippen molar-refractivity contribution in [2.75, 3.05) is 4.72 Å². The fraction of sp³-hybridized carbons (Fsp3) is 0.0667. The van der Waals surface area contributed by atoms with Crippen LogP contribution in [-0.2, 0) is 16.2 Å². The number of benzene rings is 1. The molecule has 0 amide bonds. The number of halogens is 4. The van der Waals surface area contributed by atoms with Crippen molar-refractivity contribution >= 4 is 15.7 Å². The van der Waals surface area contributed by atoms with Gasteiger partial charge in [-0.15, -0.1) is 0 Å². The summed E-state index contributed by atoms with van der Waals surface area (Å²) in [6.45, 7) is 0. The Bertz CT molecular complexity index is 1010. The van der Waals surface area contributed by atoms with Crippen LogP contribution < -0.4 is 4.72 Å². The fourth-order valence-electron chi connectivity index (χ4n) is 2.08. The van der Waals surface area contributed by atoms with E-state index in [2.05, 4.69) is 14.7 Å². The van der Waals surface area contributed by atoms with E-state index in [1.807, 2.05) is 0 Å². The first-order valence-electron chi connectivity index (χ1n) is 7.01. The number of pyridine rings is 1. The van der Waals surface area contributed by atoms with Crippen molar-refractivity contribution in [3.05, 3.63) is 66.5 Å². The van der Waals surface area contributed by atoms with Gasteiger partial charge in [0.25, 0.3) is 10.0 Å². The molecule has 0 saturated heterocycles. The highest BCUT2D eigenvalue weighted by Crippen LogP contribution is 2.29. The molecule has 0 bridgehead atoms. The number of hydrogen-bond donors (Lipinski definition) is 1. The van der Waals surface area contributed by atoms with Crippen LogP contribution >= 0.6 is 0 Å². The van der Waals surface area contributed by atoms with E-state index >= 15 is 0 Å². The molecule has 2 heterocycles. The summed E-state index contributed by atoms with van der Waals surface area (Å²) in [6.07, 6.45) is -1.83. The van der Waals surface area contributed by atoms with E-state index < -0.39 is 27.6 Å². The summed E-state index contributed by atoms with van der Waals surface area (Å²) in [5.41, 5.74) is -0.852. The van der Waals surface area contributed by atoms with Crippen molar-refractivity contribution in [3.63, 3.8) is 0 Å². The van der Waals surface area contributed by atoms with Gasteiger partial charge in [0.1, 0.15) is 18.0 Å². The second-order valence-electron chi connectivity index (χ2n) is 5.12. The lowest BCUT2D eigenvalue weighted by Crippen LogP contribution is -2.17. The maximum Gasteiger partial charge on any atom is 0.417 e. The van der Waals surface area contributed by atoms with E-state index in [4.69, 9.17) is 0 Å². The highest BCUT2D eigenvalue weighted by molar-refractivity contribution is 7.92. The Balaban J connectivity index is 1.93. The summed E-state index contributed by atoms with van der Waals surface area (Å²) >= 11 is 0. The third kappa shape index (κ3) is 3.67. The summed E-state index contributed by atoms with van der Waals surface area (Å²) in [5, 5.41) is -0.339. The van der Waals surface area contributed by atoms with Gasteiger partial charge in [0.2, 0.25) is 0 Å². The fourth-order valence-corrected chi connectivity index (χ4v) is 3.23. The number of alkyl halides is 3. The van der Waals surface area contributed by atoms with Crippen LogP contribution in [0.1, 0.15) is 5.56 Å². The van der Waals surface area contributed by atoms with Crippen LogP contribution in [0.2, 0.25) is 0 Å². The second-order valence-corrected chi connectivity index (χ2v) is 6.75. The predicted molar refractivity (Wildman–Crippen MR) is 83.6 cm³/mol. The normalized spacial score (nSPS) is 12.2. The molecule has 3 aromatic rings. The van der Waals surface area contributed by atoms with Crippen molar-refractivity contribution in [1.29, 1.82) is 0 Å². The van der Waals surface area contributed by atoms with Gasteiger partial charge in [0.15, 0.2) is 5.03 Å². The second kappa shape index (κ2) is 6.41. The van der Waals surface area contributed by atoms with E-state index in [9.17, 15) is 26.0 Å². The molecule has 1 N–H and O–H groups in total. The van der Waals surface area contributed by atoms with Gasteiger partial charge in [0.05, 0.1) is 11.8 Å². The third-order valence-electron chi connectivity index (χ3n) is 3.30. The molecule has 0 aliphatic rings. The molecule has 0 radical (unpaired) electrons. The van der Waals surface area contributed by atoms with Crippen LogP contribution in [0.25, 0.3) is 5.82 Å². The molecule has 0 saturated carbocycles. The maximum atomic E-state index is 12.9. The zero-order chi connectivity index (χ0) is 18.9. The molecule has 0 aliphatic carbocycles. The van der Waals surface area contributed by atoms with Crippen LogP contribution in [0.15, 0.2) is 60.1 Å². The van der Waals surface area contributed by atoms with Crippen LogP contribution in [0.5, 0.6) is 0 Å². The lowest BCUT2D eigenvalue weighted by atomic mass is 10.3. The van der Waals surface area contributed by atoms with E-state index in [1.54, 1.807) is 0 Å². The molecule has 0 spiro atoms. The summed E-state index contributed by atoms with van der Waals surface area (Å²) in [7, 11) is -4.13. The van der Waals surface area contributed by atoms with Crippen LogP contribution in [0.4, 0.5) is 23.2 Å². The van der Waals surface area contributed by atoms with Crippen LogP contribution in [0.3, 0.4) is 0 Å². The molecule has 0 unspecified atom stereocenters. The Hall–Kier alpha value is -2.95. The lowest BCUT2D eigenvalue weighted by molar-refractivity contribution is -0.137. The zero-order valence-electron chi connectivity index (χ0n) is 12.8. The van der Waals surface area contributed by atoms with Gasteiger partial charge in [-0.05, 0) is 36.4 Å². The molecule has 2 aromatic heterocycles. The van der Waals surface area contributed by atoms with Gasteiger partial charge < -0.3 is 0 Å². The molecule has 6 nitrogen and oxygen atoms in total. The number of nitrogens with one attached hydrogen (secondary N) is 1. The van der Waals surface area contributed by atoms with E-state index in [1.165, 1.54) is 12.1 Å². The first kappa shape index (κ1) is 17.9. The quantitative estimate of drug-likeness (QED) is 0.699. The van der Waals surface area contributed by atoms with E-state index in [-0.39, 0.29) is 16.5 Å². The molecule has 11 heteroatoms. The molecule has 0 fully saturated rings. The standard InChI is InChI=1S/C15H10F4N4O2S/c16-11-2-4-12(5-3-11)22-26(24,25)14-8-20-9-23(14)13-6-1-10(7-21-13)15(17,18)19/h1-9,22H. The van der Waals surface area contributed by atoms with E-state index in [0.29, 0.717) is 6.20 Å². The Kier molecular flexibility index (Phi) is 4.40. The molecule has 3 rings (SSSR count). The van der Waals surface area contributed by atoms with Crippen molar-refractivity contribution in [2.24, 2.45) is 0 Å². The Morgan fingerprint density at radius 2 is 1.69 bits per heavy atom. The molecule has 0 aliphatic heterocycles. The van der Waals surface area contributed by atoms with Crippen molar-refractivity contribution in [3.8, 4) is 5.82 Å². The molecule has 0 atom stereocenters. The van der Waals surface area contributed by atoms with Gasteiger partial charge >= 0.3 is 6.18 Å². The van der Waals surface area contributed by atoms with Gasteiger partial charge in [-0.1, -0.05) is 0 Å². The summed E-state index contributed by atoms with van der Waals surface area (Å²) < 4.78 is 79.0. The monoisotopic (exact) mass is 386 g/mol. The minimum Gasteiger partial charge on any atom is -0.278 e. The average molecular weight is 386 g/mol. The highest BCUT2D eigenvalue weighted by atomic mass is 32.2.